The van der Waals surface area contributed by atoms with E-state index in [-0.39, 0.29) is 18.0 Å². The van der Waals surface area contributed by atoms with Crippen molar-refractivity contribution < 1.29 is 4.79 Å². The first kappa shape index (κ1) is 15.5. The third-order valence-electron chi connectivity index (χ3n) is 3.32. The molecule has 1 aromatic rings. The number of hydrogen-bond acceptors (Lipinski definition) is 2. The first-order valence-corrected chi connectivity index (χ1v) is 6.76. The molecule has 0 N–H and O–H groups in total. The fourth-order valence-corrected chi connectivity index (χ4v) is 2.38. The SMILES string of the molecule is Cc1nn(C)c(C)c1C=CC(=O)N(C(C)C)C(C)C. The Hall–Kier alpha value is -1.58. The molecule has 19 heavy (non-hydrogen) atoms. The Bertz CT molecular complexity index is 476. The first-order chi connectivity index (χ1) is 8.75. The molecule has 106 valence electrons. The zero-order chi connectivity index (χ0) is 14.7. The van der Waals surface area contributed by atoms with E-state index in [9.17, 15) is 4.79 Å². The number of carbonyl (C=O) groups is 1. The van der Waals surface area contributed by atoms with Gasteiger partial charge in [-0.2, -0.15) is 5.10 Å². The molecule has 0 aromatic carbocycles. The van der Waals surface area contributed by atoms with E-state index in [4.69, 9.17) is 0 Å². The van der Waals surface area contributed by atoms with Gasteiger partial charge < -0.3 is 4.90 Å². The predicted molar refractivity (Wildman–Crippen MR) is 78.8 cm³/mol. The summed E-state index contributed by atoms with van der Waals surface area (Å²) in [6.45, 7) is 12.1. The summed E-state index contributed by atoms with van der Waals surface area (Å²) in [6.07, 6.45) is 3.52. The lowest BCUT2D eigenvalue weighted by atomic mass is 10.1. The number of rotatable bonds is 4. The van der Waals surface area contributed by atoms with Crippen molar-refractivity contribution in [3.63, 3.8) is 0 Å². The maximum absolute atomic E-state index is 12.2. The van der Waals surface area contributed by atoms with Crippen LogP contribution in [-0.2, 0) is 11.8 Å². The van der Waals surface area contributed by atoms with Crippen molar-refractivity contribution in [1.82, 2.24) is 14.7 Å². The van der Waals surface area contributed by atoms with Crippen molar-refractivity contribution in [3.8, 4) is 0 Å². The molecule has 0 aliphatic carbocycles. The molecule has 0 saturated carbocycles. The number of hydrogen-bond donors (Lipinski definition) is 0. The molecule has 0 saturated heterocycles. The molecule has 0 fully saturated rings. The van der Waals surface area contributed by atoms with Crippen molar-refractivity contribution in [2.45, 2.75) is 53.6 Å². The van der Waals surface area contributed by atoms with Gasteiger partial charge in [-0.15, -0.1) is 0 Å². The van der Waals surface area contributed by atoms with Crippen LogP contribution in [0, 0.1) is 13.8 Å². The highest BCUT2D eigenvalue weighted by atomic mass is 16.2. The van der Waals surface area contributed by atoms with Crippen LogP contribution in [-0.4, -0.2) is 32.7 Å². The van der Waals surface area contributed by atoms with E-state index in [2.05, 4.69) is 5.10 Å². The van der Waals surface area contributed by atoms with Gasteiger partial charge in [0.05, 0.1) is 5.69 Å². The van der Waals surface area contributed by atoms with Crippen molar-refractivity contribution in [2.75, 3.05) is 0 Å². The monoisotopic (exact) mass is 263 g/mol. The minimum absolute atomic E-state index is 0.0488. The van der Waals surface area contributed by atoms with Crippen LogP contribution in [0.15, 0.2) is 6.08 Å². The Morgan fingerprint density at radius 1 is 1.21 bits per heavy atom. The van der Waals surface area contributed by atoms with E-state index in [0.29, 0.717) is 0 Å². The van der Waals surface area contributed by atoms with Gasteiger partial charge in [-0.3, -0.25) is 9.48 Å². The molecule has 0 aliphatic rings. The quantitative estimate of drug-likeness (QED) is 0.783. The molecule has 0 unspecified atom stereocenters. The third-order valence-corrected chi connectivity index (χ3v) is 3.32. The lowest BCUT2D eigenvalue weighted by Crippen LogP contribution is -2.41. The van der Waals surface area contributed by atoms with Gasteiger partial charge in [0.25, 0.3) is 0 Å². The Morgan fingerprint density at radius 3 is 2.11 bits per heavy atom. The number of amides is 1. The van der Waals surface area contributed by atoms with E-state index in [1.807, 2.05) is 64.2 Å². The molecule has 0 radical (unpaired) electrons. The van der Waals surface area contributed by atoms with Gasteiger partial charge in [0.2, 0.25) is 5.91 Å². The summed E-state index contributed by atoms with van der Waals surface area (Å²) in [5.41, 5.74) is 3.05. The lowest BCUT2D eigenvalue weighted by Gasteiger charge is -2.29. The van der Waals surface area contributed by atoms with Crippen LogP contribution in [0.3, 0.4) is 0 Å². The highest BCUT2D eigenvalue weighted by Crippen LogP contribution is 2.14. The minimum Gasteiger partial charge on any atom is -0.334 e. The van der Waals surface area contributed by atoms with E-state index < -0.39 is 0 Å². The molecule has 0 bridgehead atoms. The molecular weight excluding hydrogens is 238 g/mol. The van der Waals surface area contributed by atoms with Gasteiger partial charge >= 0.3 is 0 Å². The minimum atomic E-state index is 0.0488. The van der Waals surface area contributed by atoms with Gasteiger partial charge in [0, 0.05) is 36.5 Å². The van der Waals surface area contributed by atoms with Crippen molar-refractivity contribution in [3.05, 3.63) is 23.0 Å². The molecule has 1 heterocycles. The number of aryl methyl sites for hydroxylation is 2. The van der Waals surface area contributed by atoms with Gasteiger partial charge in [-0.05, 0) is 47.6 Å². The predicted octanol–water partition coefficient (Wildman–Crippen LogP) is 2.70. The summed E-state index contributed by atoms with van der Waals surface area (Å²) in [6, 6.07) is 0.404. The van der Waals surface area contributed by atoms with Gasteiger partial charge in [-0.1, -0.05) is 0 Å². The summed E-state index contributed by atoms with van der Waals surface area (Å²) in [5.74, 6) is 0.0488. The van der Waals surface area contributed by atoms with E-state index in [1.165, 1.54) is 0 Å². The first-order valence-electron chi connectivity index (χ1n) is 6.76. The summed E-state index contributed by atoms with van der Waals surface area (Å²) < 4.78 is 1.84. The second kappa shape index (κ2) is 6.04. The number of carbonyl (C=O) groups excluding carboxylic acids is 1. The summed E-state index contributed by atoms with van der Waals surface area (Å²) >= 11 is 0. The van der Waals surface area contributed by atoms with Gasteiger partial charge in [-0.25, -0.2) is 0 Å². The van der Waals surface area contributed by atoms with Crippen molar-refractivity contribution >= 4 is 12.0 Å². The largest absolute Gasteiger partial charge is 0.334 e. The topological polar surface area (TPSA) is 38.1 Å². The van der Waals surface area contributed by atoms with Crippen LogP contribution in [0.2, 0.25) is 0 Å². The Kier molecular flexibility index (Phi) is 4.92. The zero-order valence-corrected chi connectivity index (χ0v) is 13.1. The number of aromatic nitrogens is 2. The molecule has 0 aliphatic heterocycles. The highest BCUT2D eigenvalue weighted by molar-refractivity contribution is 5.92. The smallest absolute Gasteiger partial charge is 0.247 e. The normalized spacial score (nSPS) is 11.8. The fourth-order valence-electron chi connectivity index (χ4n) is 2.38. The average molecular weight is 263 g/mol. The molecule has 1 amide bonds. The number of nitrogens with zero attached hydrogens (tertiary/aromatic N) is 3. The second-order valence-corrected chi connectivity index (χ2v) is 5.47. The molecule has 1 aromatic heterocycles. The van der Waals surface area contributed by atoms with Crippen LogP contribution in [0.1, 0.15) is 44.6 Å². The lowest BCUT2D eigenvalue weighted by molar-refractivity contribution is -0.129. The molecule has 0 atom stereocenters. The zero-order valence-electron chi connectivity index (χ0n) is 13.1. The molecule has 4 nitrogen and oxygen atoms in total. The van der Waals surface area contributed by atoms with Gasteiger partial charge in [0.1, 0.15) is 0 Å². The van der Waals surface area contributed by atoms with Crippen LogP contribution >= 0.6 is 0 Å². The van der Waals surface area contributed by atoms with E-state index in [0.717, 1.165) is 17.0 Å². The summed E-state index contributed by atoms with van der Waals surface area (Å²) in [4.78, 5) is 14.1. The maximum atomic E-state index is 12.2. The summed E-state index contributed by atoms with van der Waals surface area (Å²) in [7, 11) is 1.91. The maximum Gasteiger partial charge on any atom is 0.247 e. The van der Waals surface area contributed by atoms with Crippen LogP contribution in [0.25, 0.3) is 6.08 Å². The third kappa shape index (κ3) is 3.46. The average Bonchev–Trinajstić information content (AvgIpc) is 2.50. The van der Waals surface area contributed by atoms with Crippen LogP contribution in [0.4, 0.5) is 0 Å². The van der Waals surface area contributed by atoms with Crippen LogP contribution < -0.4 is 0 Å². The standard InChI is InChI=1S/C15H25N3O/c1-10(2)18(11(3)4)15(19)9-8-14-12(5)16-17(7)13(14)6/h8-11H,1-7H3. The van der Waals surface area contributed by atoms with Crippen LogP contribution in [0.5, 0.6) is 0 Å². The highest BCUT2D eigenvalue weighted by Gasteiger charge is 2.17. The van der Waals surface area contributed by atoms with E-state index in [1.54, 1.807) is 6.08 Å². The van der Waals surface area contributed by atoms with Gasteiger partial charge in [0.15, 0.2) is 0 Å². The molecule has 4 heteroatoms. The van der Waals surface area contributed by atoms with Crippen molar-refractivity contribution in [2.24, 2.45) is 7.05 Å². The van der Waals surface area contributed by atoms with Crippen molar-refractivity contribution in [1.29, 1.82) is 0 Å². The molecule has 1 rings (SSSR count). The molecule has 0 spiro atoms. The van der Waals surface area contributed by atoms with E-state index >= 15 is 0 Å². The Labute approximate surface area is 116 Å². The molecular formula is C15H25N3O. The Balaban J connectivity index is 2.95. The Morgan fingerprint density at radius 2 is 1.74 bits per heavy atom. The summed E-state index contributed by atoms with van der Waals surface area (Å²) in [5, 5.41) is 4.34. The fraction of sp³-hybridized carbons (Fsp3) is 0.600. The second-order valence-electron chi connectivity index (χ2n) is 5.47.